The van der Waals surface area contributed by atoms with E-state index in [2.05, 4.69) is 10.1 Å². The van der Waals surface area contributed by atoms with Gasteiger partial charge >= 0.3 is 5.97 Å². The number of nitrogens with one attached hydrogen (secondary N) is 1. The standard InChI is InChI=1S/C11H18N2O4.ClH/c1-3-13-11(16)9(12)6-4-8(14)5-7-10(15)17-2;/h5,7,9H,3-4,6,12H2,1-2H3,(H,13,16);1H/b7-5+;/t9-;/m0./s1. The van der Waals surface area contributed by atoms with Gasteiger partial charge in [-0.25, -0.2) is 4.79 Å². The number of hydrogen-bond donors (Lipinski definition) is 2. The van der Waals surface area contributed by atoms with Crippen LogP contribution in [0.2, 0.25) is 0 Å². The summed E-state index contributed by atoms with van der Waals surface area (Å²) in [5, 5.41) is 2.56. The monoisotopic (exact) mass is 278 g/mol. The molecule has 1 amide bonds. The van der Waals surface area contributed by atoms with Gasteiger partial charge < -0.3 is 15.8 Å². The summed E-state index contributed by atoms with van der Waals surface area (Å²) in [6.45, 7) is 2.29. The normalized spacial score (nSPS) is 11.5. The number of halogens is 1. The number of allylic oxidation sites excluding steroid dienone is 1. The number of methoxy groups -OCH3 is 1. The van der Waals surface area contributed by atoms with Crippen molar-refractivity contribution in [2.24, 2.45) is 5.73 Å². The van der Waals surface area contributed by atoms with Crippen LogP contribution in [0.5, 0.6) is 0 Å². The number of carbonyl (C=O) groups excluding carboxylic acids is 3. The lowest BCUT2D eigenvalue weighted by molar-refractivity contribution is -0.135. The quantitative estimate of drug-likeness (QED) is 0.502. The van der Waals surface area contributed by atoms with Gasteiger partial charge in [0.1, 0.15) is 0 Å². The second kappa shape index (κ2) is 10.7. The Hall–Kier alpha value is -1.40. The number of amides is 1. The summed E-state index contributed by atoms with van der Waals surface area (Å²) in [4.78, 5) is 33.2. The van der Waals surface area contributed by atoms with Crippen LogP contribution in [0.1, 0.15) is 19.8 Å². The molecule has 0 aliphatic heterocycles. The molecule has 0 rings (SSSR count). The van der Waals surface area contributed by atoms with E-state index in [1.807, 2.05) is 0 Å². The Bertz CT molecular complexity index is 318. The van der Waals surface area contributed by atoms with Crippen LogP contribution < -0.4 is 11.1 Å². The number of nitrogens with two attached hydrogens (primary N) is 1. The lowest BCUT2D eigenvalue weighted by Crippen LogP contribution is -2.40. The van der Waals surface area contributed by atoms with E-state index in [0.717, 1.165) is 12.2 Å². The van der Waals surface area contributed by atoms with E-state index in [9.17, 15) is 14.4 Å². The summed E-state index contributed by atoms with van der Waals surface area (Å²) in [6.07, 6.45) is 2.53. The lowest BCUT2D eigenvalue weighted by Gasteiger charge is -2.09. The van der Waals surface area contributed by atoms with Crippen LogP contribution in [0, 0.1) is 0 Å². The van der Waals surface area contributed by atoms with Gasteiger partial charge in [-0.1, -0.05) is 0 Å². The van der Waals surface area contributed by atoms with Gasteiger partial charge in [-0.05, 0) is 19.4 Å². The third kappa shape index (κ3) is 8.72. The summed E-state index contributed by atoms with van der Waals surface area (Å²) in [5.41, 5.74) is 5.55. The zero-order chi connectivity index (χ0) is 13.3. The Morgan fingerprint density at radius 3 is 2.44 bits per heavy atom. The number of ether oxygens (including phenoxy) is 1. The van der Waals surface area contributed by atoms with Gasteiger partial charge in [0.2, 0.25) is 5.91 Å². The molecule has 1 atom stereocenters. The molecular formula is C11H19ClN2O4. The Kier molecular flexibility index (Phi) is 11.3. The van der Waals surface area contributed by atoms with Gasteiger partial charge in [-0.2, -0.15) is 0 Å². The fourth-order valence-electron chi connectivity index (χ4n) is 1.05. The van der Waals surface area contributed by atoms with E-state index >= 15 is 0 Å². The van der Waals surface area contributed by atoms with Gasteiger partial charge in [0.25, 0.3) is 0 Å². The number of esters is 1. The first-order valence-corrected chi connectivity index (χ1v) is 5.33. The average molecular weight is 279 g/mol. The van der Waals surface area contributed by atoms with Crippen LogP contribution in [0.4, 0.5) is 0 Å². The molecule has 0 radical (unpaired) electrons. The van der Waals surface area contributed by atoms with E-state index in [1.165, 1.54) is 7.11 Å². The van der Waals surface area contributed by atoms with Gasteiger partial charge in [-0.15, -0.1) is 12.4 Å². The molecule has 0 saturated heterocycles. The second-order valence-electron chi connectivity index (χ2n) is 3.36. The zero-order valence-electron chi connectivity index (χ0n) is 10.5. The zero-order valence-corrected chi connectivity index (χ0v) is 11.3. The number of hydrogen-bond acceptors (Lipinski definition) is 5. The first kappa shape index (κ1) is 19.0. The summed E-state index contributed by atoms with van der Waals surface area (Å²) in [6, 6.07) is -0.703. The molecule has 0 unspecified atom stereocenters. The second-order valence-corrected chi connectivity index (χ2v) is 3.36. The van der Waals surface area contributed by atoms with E-state index in [1.54, 1.807) is 6.92 Å². The first-order chi connectivity index (χ1) is 8.01. The average Bonchev–Trinajstić information content (AvgIpc) is 2.32. The van der Waals surface area contributed by atoms with Crippen molar-refractivity contribution in [1.29, 1.82) is 0 Å². The van der Waals surface area contributed by atoms with Crippen molar-refractivity contribution >= 4 is 30.1 Å². The molecule has 0 aliphatic rings. The van der Waals surface area contributed by atoms with Crippen LogP contribution in [-0.2, 0) is 19.1 Å². The van der Waals surface area contributed by atoms with E-state index < -0.39 is 12.0 Å². The maximum absolute atomic E-state index is 11.3. The predicted molar refractivity (Wildman–Crippen MR) is 69.3 cm³/mol. The third-order valence-corrected chi connectivity index (χ3v) is 2.00. The van der Waals surface area contributed by atoms with Crippen molar-refractivity contribution in [3.8, 4) is 0 Å². The minimum atomic E-state index is -0.703. The Morgan fingerprint density at radius 1 is 1.33 bits per heavy atom. The topological polar surface area (TPSA) is 98.5 Å². The molecule has 0 bridgehead atoms. The molecule has 18 heavy (non-hydrogen) atoms. The van der Waals surface area contributed by atoms with Gasteiger partial charge in [0, 0.05) is 19.0 Å². The number of likely N-dealkylation sites (N-methyl/N-ethyl adjacent to an activating group) is 1. The SMILES string of the molecule is CCNC(=O)[C@@H](N)CCC(=O)/C=C/C(=O)OC.Cl. The smallest absolute Gasteiger partial charge is 0.330 e. The Labute approximate surface area is 112 Å². The maximum Gasteiger partial charge on any atom is 0.330 e. The van der Waals surface area contributed by atoms with Crippen LogP contribution in [0.15, 0.2) is 12.2 Å². The number of ketones is 1. The van der Waals surface area contributed by atoms with Gasteiger partial charge in [0.05, 0.1) is 13.2 Å². The molecule has 104 valence electrons. The van der Waals surface area contributed by atoms with Gasteiger partial charge in [-0.3, -0.25) is 9.59 Å². The molecule has 0 heterocycles. The van der Waals surface area contributed by atoms with Crippen molar-refractivity contribution in [3.63, 3.8) is 0 Å². The lowest BCUT2D eigenvalue weighted by atomic mass is 10.1. The minimum Gasteiger partial charge on any atom is -0.466 e. The highest BCUT2D eigenvalue weighted by molar-refractivity contribution is 5.96. The first-order valence-electron chi connectivity index (χ1n) is 5.33. The molecule has 0 saturated carbocycles. The van der Waals surface area contributed by atoms with E-state index in [0.29, 0.717) is 6.54 Å². The largest absolute Gasteiger partial charge is 0.466 e. The summed E-state index contributed by atoms with van der Waals surface area (Å²) >= 11 is 0. The Balaban J connectivity index is 0. The summed E-state index contributed by atoms with van der Waals surface area (Å²) in [7, 11) is 1.22. The molecule has 0 aliphatic carbocycles. The fourth-order valence-corrected chi connectivity index (χ4v) is 1.05. The molecule has 6 nitrogen and oxygen atoms in total. The summed E-state index contributed by atoms with van der Waals surface area (Å²) in [5.74, 6) is -1.14. The molecule has 7 heteroatoms. The highest BCUT2D eigenvalue weighted by Crippen LogP contribution is 1.97. The van der Waals surface area contributed by atoms with E-state index in [4.69, 9.17) is 5.73 Å². The Morgan fingerprint density at radius 2 is 1.94 bits per heavy atom. The molecule has 3 N–H and O–H groups in total. The van der Waals surface area contributed by atoms with Crippen molar-refractivity contribution in [2.45, 2.75) is 25.8 Å². The number of rotatable bonds is 7. The molecule has 0 aromatic rings. The molecular weight excluding hydrogens is 260 g/mol. The number of carbonyl (C=O) groups is 3. The van der Waals surface area contributed by atoms with Crippen LogP contribution >= 0.6 is 12.4 Å². The van der Waals surface area contributed by atoms with Crippen molar-refractivity contribution in [1.82, 2.24) is 5.32 Å². The predicted octanol–water partition coefficient (Wildman–Crippen LogP) is -0.0499. The van der Waals surface area contributed by atoms with Crippen molar-refractivity contribution in [3.05, 3.63) is 12.2 Å². The molecule has 0 fully saturated rings. The molecule has 0 spiro atoms. The molecule has 0 aromatic heterocycles. The van der Waals surface area contributed by atoms with E-state index in [-0.39, 0.29) is 36.9 Å². The van der Waals surface area contributed by atoms with Crippen LogP contribution in [-0.4, -0.2) is 37.4 Å². The highest BCUT2D eigenvalue weighted by Gasteiger charge is 2.13. The van der Waals surface area contributed by atoms with Crippen molar-refractivity contribution < 1.29 is 19.1 Å². The fraction of sp³-hybridized carbons (Fsp3) is 0.545. The minimum absolute atomic E-state index is 0. The molecule has 0 aromatic carbocycles. The summed E-state index contributed by atoms with van der Waals surface area (Å²) < 4.78 is 4.33. The van der Waals surface area contributed by atoms with Gasteiger partial charge in [0.15, 0.2) is 5.78 Å². The maximum atomic E-state index is 11.3. The third-order valence-electron chi connectivity index (χ3n) is 2.00. The van der Waals surface area contributed by atoms with Crippen LogP contribution in [0.3, 0.4) is 0 Å². The highest BCUT2D eigenvalue weighted by atomic mass is 35.5. The van der Waals surface area contributed by atoms with Crippen LogP contribution in [0.25, 0.3) is 0 Å². The van der Waals surface area contributed by atoms with Crippen molar-refractivity contribution in [2.75, 3.05) is 13.7 Å².